The molecule has 5 rings (SSSR count). The van der Waals surface area contributed by atoms with Crippen LogP contribution in [0.1, 0.15) is 44.7 Å². The van der Waals surface area contributed by atoms with Crippen LogP contribution in [-0.4, -0.2) is 30.8 Å². The molecule has 0 aliphatic carbocycles. The molecule has 184 valence electrons. The van der Waals surface area contributed by atoms with Crippen molar-refractivity contribution in [1.29, 1.82) is 0 Å². The fourth-order valence-corrected chi connectivity index (χ4v) is 5.27. The topological polar surface area (TPSA) is 81.3 Å². The summed E-state index contributed by atoms with van der Waals surface area (Å²) in [7, 11) is 0. The standard InChI is InChI=1S/C28H29N5O2S/c1-3-4-9-16-32-26(35)23-12-7-8-13-24(23)33-27(32)30-31-28(33)36-18-25(34)29-19(2)21-15-14-20-10-5-6-11-22(20)17-21/h5-8,10-15,17,19H,3-4,9,16,18H2,1-2H3,(H,29,34). The zero-order valence-corrected chi connectivity index (χ0v) is 21.3. The van der Waals surface area contributed by atoms with Crippen molar-refractivity contribution in [3.8, 4) is 0 Å². The van der Waals surface area contributed by atoms with Crippen LogP contribution in [0.25, 0.3) is 27.5 Å². The van der Waals surface area contributed by atoms with E-state index in [-0.39, 0.29) is 23.3 Å². The molecule has 0 spiro atoms. The van der Waals surface area contributed by atoms with Crippen molar-refractivity contribution in [2.45, 2.75) is 50.9 Å². The van der Waals surface area contributed by atoms with Gasteiger partial charge < -0.3 is 5.32 Å². The Kier molecular flexibility index (Phi) is 7.04. The number of nitrogens with one attached hydrogen (secondary N) is 1. The van der Waals surface area contributed by atoms with E-state index in [4.69, 9.17) is 0 Å². The normalized spacial score (nSPS) is 12.4. The maximum absolute atomic E-state index is 13.2. The first-order valence-corrected chi connectivity index (χ1v) is 13.3. The highest BCUT2D eigenvalue weighted by molar-refractivity contribution is 7.99. The molecule has 7 nitrogen and oxygen atoms in total. The van der Waals surface area contributed by atoms with Crippen molar-refractivity contribution >= 4 is 45.1 Å². The maximum Gasteiger partial charge on any atom is 0.262 e. The summed E-state index contributed by atoms with van der Waals surface area (Å²) in [4.78, 5) is 26.0. The first kappa shape index (κ1) is 24.1. The number of amides is 1. The highest BCUT2D eigenvalue weighted by Gasteiger charge is 2.18. The molecule has 1 N–H and O–H groups in total. The number of fused-ring (bicyclic) bond motifs is 4. The summed E-state index contributed by atoms with van der Waals surface area (Å²) in [5.74, 6) is 0.627. The average Bonchev–Trinajstić information content (AvgIpc) is 3.33. The van der Waals surface area contributed by atoms with Gasteiger partial charge in [0.25, 0.3) is 5.56 Å². The average molecular weight is 500 g/mol. The molecule has 0 radical (unpaired) electrons. The lowest BCUT2D eigenvalue weighted by Gasteiger charge is -2.15. The van der Waals surface area contributed by atoms with Crippen LogP contribution in [0.3, 0.4) is 0 Å². The number of unbranched alkanes of at least 4 members (excludes halogenated alkanes) is 2. The Morgan fingerprint density at radius 3 is 2.61 bits per heavy atom. The Labute approximate surface area is 213 Å². The third-order valence-electron chi connectivity index (χ3n) is 6.45. The van der Waals surface area contributed by atoms with Gasteiger partial charge in [-0.1, -0.05) is 80.1 Å². The van der Waals surface area contributed by atoms with Crippen molar-refractivity contribution in [1.82, 2.24) is 24.5 Å². The number of para-hydroxylation sites is 1. The van der Waals surface area contributed by atoms with Gasteiger partial charge in [0.05, 0.1) is 22.7 Å². The highest BCUT2D eigenvalue weighted by Crippen LogP contribution is 2.23. The van der Waals surface area contributed by atoms with Crippen LogP contribution in [0.4, 0.5) is 0 Å². The molecule has 1 amide bonds. The predicted molar refractivity (Wildman–Crippen MR) is 146 cm³/mol. The number of aromatic nitrogens is 4. The van der Waals surface area contributed by atoms with E-state index in [9.17, 15) is 9.59 Å². The van der Waals surface area contributed by atoms with Gasteiger partial charge in [-0.15, -0.1) is 10.2 Å². The molecule has 1 unspecified atom stereocenters. The summed E-state index contributed by atoms with van der Waals surface area (Å²) < 4.78 is 3.60. The monoisotopic (exact) mass is 499 g/mol. The Morgan fingerprint density at radius 1 is 1.00 bits per heavy atom. The summed E-state index contributed by atoms with van der Waals surface area (Å²) >= 11 is 1.32. The molecule has 36 heavy (non-hydrogen) atoms. The van der Waals surface area contributed by atoms with E-state index in [0.717, 1.165) is 35.7 Å². The Hall–Kier alpha value is -3.65. The van der Waals surface area contributed by atoms with Gasteiger partial charge in [-0.25, -0.2) is 0 Å². The minimum atomic E-state index is -0.123. The van der Waals surface area contributed by atoms with Crippen molar-refractivity contribution in [2.75, 3.05) is 5.75 Å². The molecule has 2 aromatic heterocycles. The van der Waals surface area contributed by atoms with Gasteiger partial charge in [-0.2, -0.15) is 0 Å². The van der Waals surface area contributed by atoms with Gasteiger partial charge >= 0.3 is 0 Å². The predicted octanol–water partition coefficient (Wildman–Crippen LogP) is 5.36. The minimum Gasteiger partial charge on any atom is -0.349 e. The number of thioether (sulfide) groups is 1. The SMILES string of the molecule is CCCCCn1c(=O)c2ccccc2n2c(SCC(=O)NC(C)c3ccc4ccccc4c3)nnc12. The van der Waals surface area contributed by atoms with E-state index in [2.05, 4.69) is 52.8 Å². The second-order valence-electron chi connectivity index (χ2n) is 8.98. The van der Waals surface area contributed by atoms with Gasteiger partial charge in [0, 0.05) is 6.54 Å². The number of aryl methyl sites for hydroxylation is 1. The Bertz CT molecular complexity index is 1610. The number of benzene rings is 3. The van der Waals surface area contributed by atoms with Gasteiger partial charge in [-0.3, -0.25) is 18.6 Å². The largest absolute Gasteiger partial charge is 0.349 e. The van der Waals surface area contributed by atoms with E-state index in [1.165, 1.54) is 17.1 Å². The molecular weight excluding hydrogens is 470 g/mol. The smallest absolute Gasteiger partial charge is 0.262 e. The van der Waals surface area contributed by atoms with E-state index < -0.39 is 0 Å². The zero-order valence-electron chi connectivity index (χ0n) is 20.5. The van der Waals surface area contributed by atoms with Crippen LogP contribution < -0.4 is 10.9 Å². The number of rotatable bonds is 9. The van der Waals surface area contributed by atoms with Crippen LogP contribution >= 0.6 is 11.8 Å². The van der Waals surface area contributed by atoms with Gasteiger partial charge in [0.15, 0.2) is 5.16 Å². The first-order valence-electron chi connectivity index (χ1n) is 12.3. The van der Waals surface area contributed by atoms with Crippen molar-refractivity contribution in [3.05, 3.63) is 82.6 Å². The molecule has 0 aliphatic heterocycles. The van der Waals surface area contributed by atoms with E-state index in [0.29, 0.717) is 22.9 Å². The van der Waals surface area contributed by atoms with Crippen LogP contribution in [0.2, 0.25) is 0 Å². The molecule has 1 atom stereocenters. The highest BCUT2D eigenvalue weighted by atomic mass is 32.2. The van der Waals surface area contributed by atoms with Gasteiger partial charge in [-0.05, 0) is 47.9 Å². The third-order valence-corrected chi connectivity index (χ3v) is 7.38. The van der Waals surface area contributed by atoms with Crippen LogP contribution in [0.5, 0.6) is 0 Å². The summed E-state index contributed by atoms with van der Waals surface area (Å²) in [5.41, 5.74) is 1.75. The third kappa shape index (κ3) is 4.73. The van der Waals surface area contributed by atoms with Crippen LogP contribution in [0.15, 0.2) is 76.7 Å². The molecular formula is C28H29N5O2S. The quantitative estimate of drug-likeness (QED) is 0.218. The van der Waals surface area contributed by atoms with Gasteiger partial charge in [0.1, 0.15) is 0 Å². The summed E-state index contributed by atoms with van der Waals surface area (Å²) in [6.45, 7) is 4.71. The van der Waals surface area contributed by atoms with E-state index in [1.807, 2.05) is 47.7 Å². The second-order valence-corrected chi connectivity index (χ2v) is 9.93. The van der Waals surface area contributed by atoms with Crippen molar-refractivity contribution in [2.24, 2.45) is 0 Å². The minimum absolute atomic E-state index is 0.0555. The molecule has 5 aromatic rings. The molecule has 0 fully saturated rings. The number of carbonyl (C=O) groups is 1. The van der Waals surface area contributed by atoms with Crippen molar-refractivity contribution < 1.29 is 4.79 Å². The molecule has 0 aliphatic rings. The fraction of sp³-hybridized carbons (Fsp3) is 0.286. The Morgan fingerprint density at radius 2 is 1.78 bits per heavy atom. The fourth-order valence-electron chi connectivity index (χ4n) is 4.52. The molecule has 2 heterocycles. The maximum atomic E-state index is 13.2. The molecule has 8 heteroatoms. The lowest BCUT2D eigenvalue weighted by Crippen LogP contribution is -2.28. The second kappa shape index (κ2) is 10.5. The van der Waals surface area contributed by atoms with Crippen molar-refractivity contribution in [3.63, 3.8) is 0 Å². The Balaban J connectivity index is 1.36. The molecule has 3 aromatic carbocycles. The number of hydrogen-bond acceptors (Lipinski definition) is 5. The summed E-state index contributed by atoms with van der Waals surface area (Å²) in [6, 6.07) is 21.8. The van der Waals surface area contributed by atoms with Crippen LogP contribution in [-0.2, 0) is 11.3 Å². The zero-order chi connectivity index (χ0) is 25.1. The first-order chi connectivity index (χ1) is 17.6. The summed E-state index contributed by atoms with van der Waals surface area (Å²) in [5, 5.41) is 15.3. The lowest BCUT2D eigenvalue weighted by molar-refractivity contribution is -0.119. The van der Waals surface area contributed by atoms with Gasteiger partial charge in [0.2, 0.25) is 11.7 Å². The number of nitrogens with zero attached hydrogens (tertiary/aromatic N) is 4. The molecule has 0 bridgehead atoms. The van der Waals surface area contributed by atoms with E-state index >= 15 is 0 Å². The number of carbonyl (C=O) groups excluding carboxylic acids is 1. The molecule has 0 saturated carbocycles. The molecule has 0 saturated heterocycles. The lowest BCUT2D eigenvalue weighted by atomic mass is 10.0. The number of hydrogen-bond donors (Lipinski definition) is 1. The van der Waals surface area contributed by atoms with Crippen LogP contribution in [0, 0.1) is 0 Å². The summed E-state index contributed by atoms with van der Waals surface area (Å²) in [6.07, 6.45) is 3.00. The van der Waals surface area contributed by atoms with E-state index in [1.54, 1.807) is 4.57 Å².